The summed E-state index contributed by atoms with van der Waals surface area (Å²) in [4.78, 5) is 16.8. The fourth-order valence-corrected chi connectivity index (χ4v) is 3.65. The predicted molar refractivity (Wildman–Crippen MR) is 81.1 cm³/mol. The molecular weight excluding hydrogens is 280 g/mol. The smallest absolute Gasteiger partial charge is 0.237 e. The molecule has 1 unspecified atom stereocenters. The molecule has 3 fully saturated rings. The molecule has 4 rings (SSSR count). The molecule has 1 aliphatic heterocycles. The van der Waals surface area contributed by atoms with Crippen molar-refractivity contribution in [3.63, 3.8) is 0 Å². The number of amides is 1. The van der Waals surface area contributed by atoms with Crippen LogP contribution in [0.15, 0.2) is 16.5 Å². The van der Waals surface area contributed by atoms with Crippen molar-refractivity contribution >= 4 is 5.91 Å². The topological polar surface area (TPSA) is 56.9 Å². The lowest BCUT2D eigenvalue weighted by Crippen LogP contribution is -2.40. The highest BCUT2D eigenvalue weighted by Crippen LogP contribution is 2.52. The van der Waals surface area contributed by atoms with Crippen molar-refractivity contribution in [3.05, 3.63) is 23.7 Å². The van der Waals surface area contributed by atoms with E-state index >= 15 is 0 Å². The average Bonchev–Trinajstić information content (AvgIpc) is 3.36. The van der Waals surface area contributed by atoms with Gasteiger partial charge in [0.25, 0.3) is 0 Å². The molecule has 1 N–H and O–H groups in total. The van der Waals surface area contributed by atoms with Crippen LogP contribution in [0, 0.1) is 12.3 Å². The van der Waals surface area contributed by atoms with Crippen LogP contribution in [0.1, 0.15) is 37.2 Å². The number of aliphatic hydroxyl groups excluding tert-OH is 1. The molecule has 22 heavy (non-hydrogen) atoms. The molecule has 0 bridgehead atoms. The number of nitrogens with zero attached hydrogens (tertiary/aromatic N) is 2. The number of aryl methyl sites for hydroxylation is 1. The number of rotatable bonds is 5. The van der Waals surface area contributed by atoms with Crippen molar-refractivity contribution in [1.29, 1.82) is 0 Å². The fraction of sp³-hybridized carbons (Fsp3) is 0.706. The summed E-state index contributed by atoms with van der Waals surface area (Å²) in [5, 5.41) is 10.1. The maximum absolute atomic E-state index is 12.7. The van der Waals surface area contributed by atoms with Gasteiger partial charge >= 0.3 is 0 Å². The Morgan fingerprint density at radius 2 is 2.23 bits per heavy atom. The Morgan fingerprint density at radius 3 is 2.77 bits per heavy atom. The number of aliphatic hydroxyl groups is 1. The van der Waals surface area contributed by atoms with E-state index in [1.807, 2.05) is 24.0 Å². The molecule has 1 aromatic rings. The molecule has 3 aliphatic rings. The molecule has 1 saturated heterocycles. The summed E-state index contributed by atoms with van der Waals surface area (Å²) in [6.45, 7) is 4.43. The monoisotopic (exact) mass is 304 g/mol. The summed E-state index contributed by atoms with van der Waals surface area (Å²) in [5.74, 6) is 1.91. The maximum atomic E-state index is 12.7. The van der Waals surface area contributed by atoms with Crippen LogP contribution in [0.25, 0.3) is 0 Å². The molecule has 2 saturated carbocycles. The van der Waals surface area contributed by atoms with Gasteiger partial charge in [-0.2, -0.15) is 0 Å². The Bertz CT molecular complexity index is 574. The number of carbonyl (C=O) groups excluding carboxylic acids is 1. The van der Waals surface area contributed by atoms with Gasteiger partial charge in [-0.15, -0.1) is 0 Å². The van der Waals surface area contributed by atoms with Gasteiger partial charge in [0.2, 0.25) is 5.91 Å². The number of carbonyl (C=O) groups is 1. The van der Waals surface area contributed by atoms with Gasteiger partial charge in [-0.05, 0) is 44.7 Å². The number of hydrogen-bond acceptors (Lipinski definition) is 4. The van der Waals surface area contributed by atoms with Crippen molar-refractivity contribution in [2.45, 2.75) is 51.3 Å². The third-order valence-corrected chi connectivity index (χ3v) is 5.36. The Morgan fingerprint density at radius 1 is 1.45 bits per heavy atom. The Hall–Kier alpha value is -1.33. The van der Waals surface area contributed by atoms with E-state index in [1.165, 1.54) is 0 Å². The average molecular weight is 304 g/mol. The summed E-state index contributed by atoms with van der Waals surface area (Å²) in [5.41, 5.74) is 0.114. The standard InChI is InChI=1S/C17H24N2O3/c1-12-2-5-14(22-12)8-19(13-3-4-13)16(21)10-18-9-15(20)17(11-18)6-7-17/h2,5,13,15,20H,3-4,6-11H2,1H3. The molecule has 1 atom stereocenters. The molecule has 0 radical (unpaired) electrons. The third kappa shape index (κ3) is 2.68. The molecule has 2 aliphatic carbocycles. The summed E-state index contributed by atoms with van der Waals surface area (Å²) in [7, 11) is 0. The van der Waals surface area contributed by atoms with Crippen LogP contribution < -0.4 is 0 Å². The molecule has 5 heteroatoms. The SMILES string of the molecule is Cc1ccc(CN(C(=O)CN2CC(O)C3(CC3)C2)C2CC2)o1. The highest BCUT2D eigenvalue weighted by atomic mass is 16.3. The van der Waals surface area contributed by atoms with Crippen molar-refractivity contribution < 1.29 is 14.3 Å². The molecule has 120 valence electrons. The van der Waals surface area contributed by atoms with Gasteiger partial charge in [0.15, 0.2) is 0 Å². The van der Waals surface area contributed by atoms with Gasteiger partial charge in [0.1, 0.15) is 11.5 Å². The normalized spacial score (nSPS) is 26.5. The van der Waals surface area contributed by atoms with E-state index in [0.29, 0.717) is 25.7 Å². The summed E-state index contributed by atoms with van der Waals surface area (Å²) in [6.07, 6.45) is 4.16. The number of β-amino-alcohol motifs (C(OH)–C–C–N with tert-alkyl or cyclic N) is 1. The second-order valence-corrected chi connectivity index (χ2v) is 7.31. The van der Waals surface area contributed by atoms with Gasteiger partial charge in [0.05, 0.1) is 19.2 Å². The number of hydrogen-bond donors (Lipinski definition) is 1. The molecular formula is C17H24N2O3. The first-order chi connectivity index (χ1) is 10.6. The summed E-state index contributed by atoms with van der Waals surface area (Å²) in [6, 6.07) is 4.27. The lowest BCUT2D eigenvalue weighted by atomic mass is 10.0. The van der Waals surface area contributed by atoms with Gasteiger partial charge in [-0.25, -0.2) is 0 Å². The maximum Gasteiger partial charge on any atom is 0.237 e. The third-order valence-electron chi connectivity index (χ3n) is 5.36. The lowest BCUT2D eigenvalue weighted by molar-refractivity contribution is -0.133. The van der Waals surface area contributed by atoms with Crippen LogP contribution in [0.3, 0.4) is 0 Å². The second-order valence-electron chi connectivity index (χ2n) is 7.31. The number of furan rings is 1. The van der Waals surface area contributed by atoms with E-state index < -0.39 is 0 Å². The summed E-state index contributed by atoms with van der Waals surface area (Å²) < 4.78 is 5.62. The van der Waals surface area contributed by atoms with Gasteiger partial charge in [0, 0.05) is 24.5 Å². The zero-order valence-electron chi connectivity index (χ0n) is 13.1. The van der Waals surface area contributed by atoms with Crippen LogP contribution in [0.5, 0.6) is 0 Å². The summed E-state index contributed by atoms with van der Waals surface area (Å²) >= 11 is 0. The van der Waals surface area contributed by atoms with Crippen molar-refractivity contribution in [2.75, 3.05) is 19.6 Å². The minimum absolute atomic E-state index is 0.114. The van der Waals surface area contributed by atoms with E-state index in [0.717, 1.165) is 43.7 Å². The zero-order valence-corrected chi connectivity index (χ0v) is 13.1. The predicted octanol–water partition coefficient (Wildman–Crippen LogP) is 1.54. The molecule has 2 heterocycles. The van der Waals surface area contributed by atoms with Gasteiger partial charge in [-0.3, -0.25) is 9.69 Å². The molecule has 1 spiro atoms. The minimum Gasteiger partial charge on any atom is -0.464 e. The Kier molecular flexibility index (Phi) is 3.31. The molecule has 1 amide bonds. The van der Waals surface area contributed by atoms with Crippen LogP contribution in [0.4, 0.5) is 0 Å². The highest BCUT2D eigenvalue weighted by Gasteiger charge is 2.54. The van der Waals surface area contributed by atoms with E-state index in [-0.39, 0.29) is 17.4 Å². The van der Waals surface area contributed by atoms with Crippen molar-refractivity contribution in [3.8, 4) is 0 Å². The zero-order chi connectivity index (χ0) is 15.3. The molecule has 5 nitrogen and oxygen atoms in total. The van der Waals surface area contributed by atoms with Crippen LogP contribution in [-0.4, -0.2) is 52.6 Å². The molecule has 1 aromatic heterocycles. The van der Waals surface area contributed by atoms with E-state index in [9.17, 15) is 9.90 Å². The van der Waals surface area contributed by atoms with E-state index in [4.69, 9.17) is 4.42 Å². The van der Waals surface area contributed by atoms with Crippen molar-refractivity contribution in [2.24, 2.45) is 5.41 Å². The second kappa shape index (κ2) is 5.10. The largest absolute Gasteiger partial charge is 0.464 e. The van der Waals surface area contributed by atoms with E-state index in [1.54, 1.807) is 0 Å². The van der Waals surface area contributed by atoms with Crippen LogP contribution in [-0.2, 0) is 11.3 Å². The van der Waals surface area contributed by atoms with Crippen LogP contribution >= 0.6 is 0 Å². The Labute approximate surface area is 130 Å². The number of likely N-dealkylation sites (tertiary alicyclic amines) is 1. The minimum atomic E-state index is -0.248. The highest BCUT2D eigenvalue weighted by molar-refractivity contribution is 5.79. The van der Waals surface area contributed by atoms with Gasteiger partial charge < -0.3 is 14.4 Å². The fourth-order valence-electron chi connectivity index (χ4n) is 3.65. The molecule has 0 aromatic carbocycles. The van der Waals surface area contributed by atoms with E-state index in [2.05, 4.69) is 4.90 Å². The quantitative estimate of drug-likeness (QED) is 0.896. The first-order valence-electron chi connectivity index (χ1n) is 8.31. The lowest BCUT2D eigenvalue weighted by Gasteiger charge is -2.24. The van der Waals surface area contributed by atoms with Crippen molar-refractivity contribution in [1.82, 2.24) is 9.80 Å². The Balaban J connectivity index is 1.39. The first-order valence-corrected chi connectivity index (χ1v) is 8.31. The van der Waals surface area contributed by atoms with Crippen LogP contribution in [0.2, 0.25) is 0 Å². The van der Waals surface area contributed by atoms with Gasteiger partial charge in [-0.1, -0.05) is 0 Å². The first kappa shape index (κ1) is 14.3.